The second kappa shape index (κ2) is 10.7. The molecule has 1 atom stereocenters. The van der Waals surface area contributed by atoms with Gasteiger partial charge in [0.1, 0.15) is 24.2 Å². The summed E-state index contributed by atoms with van der Waals surface area (Å²) in [5, 5.41) is 12.4. The molecule has 1 unspecified atom stereocenters. The molecule has 1 aliphatic rings. The fourth-order valence-electron chi connectivity index (χ4n) is 4.29. The van der Waals surface area contributed by atoms with Crippen LogP contribution in [0.4, 0.5) is 4.39 Å². The summed E-state index contributed by atoms with van der Waals surface area (Å²) in [7, 11) is 0. The highest BCUT2D eigenvalue weighted by atomic mass is 35.5. The average molecular weight is 469 g/mol. The molecular weight excluding hydrogens is 443 g/mol. The highest BCUT2D eigenvalue weighted by Crippen LogP contribution is 2.30. The Morgan fingerprint density at radius 2 is 1.64 bits per heavy atom. The lowest BCUT2D eigenvalue weighted by atomic mass is 10.0. The average Bonchev–Trinajstić information content (AvgIpc) is 3.50. The molecule has 0 bridgehead atoms. The van der Waals surface area contributed by atoms with Gasteiger partial charge in [-0.2, -0.15) is 0 Å². The molecule has 9 heteroatoms. The summed E-state index contributed by atoms with van der Waals surface area (Å²) in [6.45, 7) is 4.67. The Hall–Kier alpha value is -3.07. The number of benzene rings is 2. The van der Waals surface area contributed by atoms with Gasteiger partial charge in [-0.05, 0) is 34.2 Å². The van der Waals surface area contributed by atoms with Crippen molar-refractivity contribution in [1.29, 1.82) is 0 Å². The molecule has 33 heavy (non-hydrogen) atoms. The molecule has 172 valence electrons. The number of hydrogen-bond donors (Lipinski definition) is 0. The predicted octanol–water partition coefficient (Wildman–Crippen LogP) is 3.78. The Morgan fingerprint density at radius 1 is 0.879 bits per heavy atom. The van der Waals surface area contributed by atoms with Crippen LogP contribution < -0.4 is 0 Å². The van der Waals surface area contributed by atoms with Crippen LogP contribution in [0.2, 0.25) is 0 Å². The number of rotatable bonds is 7. The summed E-state index contributed by atoms with van der Waals surface area (Å²) in [4.78, 5) is 4.69. The lowest BCUT2D eigenvalue weighted by molar-refractivity contribution is 0.0989. The van der Waals surface area contributed by atoms with Gasteiger partial charge in [-0.1, -0.05) is 48.5 Å². The Kier molecular flexibility index (Phi) is 7.49. The van der Waals surface area contributed by atoms with Crippen molar-refractivity contribution < 1.29 is 8.81 Å². The van der Waals surface area contributed by atoms with Crippen LogP contribution in [-0.4, -0.2) is 56.2 Å². The van der Waals surface area contributed by atoms with Crippen LogP contribution in [-0.2, 0) is 13.1 Å². The van der Waals surface area contributed by atoms with Crippen LogP contribution in [0.1, 0.15) is 28.8 Å². The van der Waals surface area contributed by atoms with Gasteiger partial charge in [0.15, 0.2) is 5.82 Å². The van der Waals surface area contributed by atoms with Crippen molar-refractivity contribution in [2.45, 2.75) is 19.1 Å². The molecule has 0 spiro atoms. The zero-order valence-electron chi connectivity index (χ0n) is 18.1. The Balaban J connectivity index is 0.00000259. The highest BCUT2D eigenvalue weighted by Gasteiger charge is 2.32. The van der Waals surface area contributed by atoms with Gasteiger partial charge in [0, 0.05) is 38.3 Å². The molecule has 0 N–H and O–H groups in total. The fourth-order valence-corrected chi connectivity index (χ4v) is 4.29. The number of hydrogen-bond acceptors (Lipinski definition) is 6. The summed E-state index contributed by atoms with van der Waals surface area (Å²) in [6.07, 6.45) is 1.62. The van der Waals surface area contributed by atoms with E-state index >= 15 is 0 Å². The summed E-state index contributed by atoms with van der Waals surface area (Å²) >= 11 is 0. The molecule has 4 aromatic rings. The first kappa shape index (κ1) is 23.1. The van der Waals surface area contributed by atoms with Crippen LogP contribution in [0.15, 0.2) is 77.4 Å². The largest absolute Gasteiger partial charge is 0.467 e. The zero-order chi connectivity index (χ0) is 21.8. The van der Waals surface area contributed by atoms with Crippen LogP contribution in [0.25, 0.3) is 0 Å². The predicted molar refractivity (Wildman–Crippen MR) is 124 cm³/mol. The third-order valence-corrected chi connectivity index (χ3v) is 5.91. The lowest BCUT2D eigenvalue weighted by Gasteiger charge is -2.39. The minimum atomic E-state index is -0.375. The zero-order valence-corrected chi connectivity index (χ0v) is 18.9. The maximum Gasteiger partial charge on any atom is 0.173 e. The smallest absolute Gasteiger partial charge is 0.173 e. The molecule has 0 saturated carbocycles. The van der Waals surface area contributed by atoms with E-state index in [1.165, 1.54) is 11.6 Å². The van der Waals surface area contributed by atoms with Crippen molar-refractivity contribution in [3.8, 4) is 0 Å². The minimum Gasteiger partial charge on any atom is -0.467 e. The molecule has 1 saturated heterocycles. The van der Waals surface area contributed by atoms with Gasteiger partial charge >= 0.3 is 0 Å². The molecule has 5 rings (SSSR count). The van der Waals surface area contributed by atoms with E-state index in [-0.39, 0.29) is 24.3 Å². The lowest BCUT2D eigenvalue weighted by Crippen LogP contribution is -2.48. The molecule has 1 aliphatic heterocycles. The normalized spacial score (nSPS) is 15.8. The van der Waals surface area contributed by atoms with E-state index in [0.29, 0.717) is 17.9 Å². The molecule has 2 aromatic carbocycles. The van der Waals surface area contributed by atoms with E-state index < -0.39 is 0 Å². The number of aromatic nitrogens is 4. The van der Waals surface area contributed by atoms with Crippen molar-refractivity contribution in [1.82, 2.24) is 30.0 Å². The molecule has 3 heterocycles. The van der Waals surface area contributed by atoms with Crippen LogP contribution in [0.5, 0.6) is 0 Å². The SMILES string of the molecule is Cl.Fc1ccccc1C(c1nnnn1Cc1ccco1)N1CCN(Cc2ccccc2)CC1. The molecule has 7 nitrogen and oxygen atoms in total. The van der Waals surface area contributed by atoms with E-state index in [2.05, 4.69) is 49.6 Å². The van der Waals surface area contributed by atoms with E-state index in [9.17, 15) is 4.39 Å². The Morgan fingerprint density at radius 3 is 2.36 bits per heavy atom. The third-order valence-electron chi connectivity index (χ3n) is 5.91. The minimum absolute atomic E-state index is 0. The van der Waals surface area contributed by atoms with Crippen molar-refractivity contribution in [3.05, 3.63) is 102 Å². The van der Waals surface area contributed by atoms with Crippen molar-refractivity contribution in [3.63, 3.8) is 0 Å². The summed E-state index contributed by atoms with van der Waals surface area (Å²) in [6, 6.07) is 20.7. The maximum absolute atomic E-state index is 14.9. The number of tetrazole rings is 1. The number of piperazine rings is 1. The van der Waals surface area contributed by atoms with Gasteiger partial charge in [0.25, 0.3) is 0 Å². The fraction of sp³-hybridized carbons (Fsp3) is 0.292. The molecule has 0 amide bonds. The first-order valence-corrected chi connectivity index (χ1v) is 10.8. The van der Waals surface area contributed by atoms with Gasteiger partial charge in [-0.3, -0.25) is 9.80 Å². The van der Waals surface area contributed by atoms with Crippen LogP contribution in [0, 0.1) is 5.82 Å². The van der Waals surface area contributed by atoms with Gasteiger partial charge in [-0.25, -0.2) is 9.07 Å². The molecular formula is C24H26ClFN6O. The topological polar surface area (TPSA) is 63.2 Å². The summed E-state index contributed by atoms with van der Waals surface area (Å²) in [5.74, 6) is 1.11. The maximum atomic E-state index is 14.9. The summed E-state index contributed by atoms with van der Waals surface area (Å²) < 4.78 is 22.1. The van der Waals surface area contributed by atoms with E-state index in [4.69, 9.17) is 4.42 Å². The van der Waals surface area contributed by atoms with Gasteiger partial charge in [-0.15, -0.1) is 17.5 Å². The molecule has 1 fully saturated rings. The quantitative estimate of drug-likeness (QED) is 0.411. The number of nitrogens with zero attached hydrogens (tertiary/aromatic N) is 6. The third kappa shape index (κ3) is 5.30. The van der Waals surface area contributed by atoms with Crippen LogP contribution >= 0.6 is 12.4 Å². The highest BCUT2D eigenvalue weighted by molar-refractivity contribution is 5.85. The van der Waals surface area contributed by atoms with Crippen molar-refractivity contribution in [2.24, 2.45) is 0 Å². The number of furan rings is 1. The first-order chi connectivity index (χ1) is 15.8. The van der Waals surface area contributed by atoms with Gasteiger partial charge in [0.2, 0.25) is 0 Å². The van der Waals surface area contributed by atoms with Crippen LogP contribution in [0.3, 0.4) is 0 Å². The Bertz CT molecular complexity index is 1130. The second-order valence-electron chi connectivity index (χ2n) is 8.00. The van der Waals surface area contributed by atoms with E-state index in [0.717, 1.165) is 38.5 Å². The monoisotopic (exact) mass is 468 g/mol. The summed E-state index contributed by atoms with van der Waals surface area (Å²) in [5.41, 5.74) is 1.88. The molecule has 2 aromatic heterocycles. The molecule has 0 radical (unpaired) electrons. The molecule has 0 aliphatic carbocycles. The number of halogens is 2. The van der Waals surface area contributed by atoms with Crippen molar-refractivity contribution >= 4 is 12.4 Å². The standard InChI is InChI=1S/C24H25FN6O.ClH/c25-22-11-5-4-10-21(22)23(24-26-27-28-31(24)18-20-9-6-16-32-20)30-14-12-29(13-15-30)17-19-7-2-1-3-8-19;/h1-11,16,23H,12-15,17-18H2;1H. The van der Waals surface area contributed by atoms with Gasteiger partial charge < -0.3 is 4.42 Å². The van der Waals surface area contributed by atoms with E-state index in [1.807, 2.05) is 30.3 Å². The second-order valence-corrected chi connectivity index (χ2v) is 8.00. The van der Waals surface area contributed by atoms with Crippen molar-refractivity contribution in [2.75, 3.05) is 26.2 Å². The van der Waals surface area contributed by atoms with E-state index in [1.54, 1.807) is 17.0 Å². The first-order valence-electron chi connectivity index (χ1n) is 10.8. The van der Waals surface area contributed by atoms with Gasteiger partial charge in [0.05, 0.1) is 6.26 Å². The Labute approximate surface area is 198 Å².